The van der Waals surface area contributed by atoms with E-state index in [0.29, 0.717) is 25.4 Å². The van der Waals surface area contributed by atoms with E-state index in [2.05, 4.69) is 14.6 Å². The molecule has 3 aromatic rings. The Morgan fingerprint density at radius 2 is 1.88 bits per heavy atom. The lowest BCUT2D eigenvalue weighted by atomic mass is 9.99. The number of aliphatic hydroxyl groups excluding tert-OH is 1. The molecule has 1 aliphatic heterocycles. The summed E-state index contributed by atoms with van der Waals surface area (Å²) in [5, 5.41) is 9.91. The number of anilines is 1. The van der Waals surface area contributed by atoms with Gasteiger partial charge in [0, 0.05) is 37.9 Å². The number of carbonyl (C=O) groups excluding carboxylic acids is 1. The zero-order valence-corrected chi connectivity index (χ0v) is 24.0. The summed E-state index contributed by atoms with van der Waals surface area (Å²) in [6, 6.07) is 14.3. The summed E-state index contributed by atoms with van der Waals surface area (Å²) in [5.74, 6) is 0.229. The Bertz CT molecular complexity index is 1400. The van der Waals surface area contributed by atoms with Gasteiger partial charge in [0.25, 0.3) is 15.9 Å². The topological polar surface area (TPSA) is 121 Å². The number of aromatic nitrogens is 1. The smallest absolute Gasteiger partial charge is 0.262 e. The minimum Gasteiger partial charge on any atom is -0.497 e. The van der Waals surface area contributed by atoms with E-state index < -0.39 is 22.2 Å². The van der Waals surface area contributed by atoms with E-state index >= 15 is 0 Å². The van der Waals surface area contributed by atoms with Crippen LogP contribution in [0.15, 0.2) is 71.9 Å². The Kier molecular flexibility index (Phi) is 9.28. The molecule has 3 atom stereocenters. The second kappa shape index (κ2) is 12.7. The maximum Gasteiger partial charge on any atom is 0.262 e. The summed E-state index contributed by atoms with van der Waals surface area (Å²) in [6.45, 7) is 5.11. The first-order valence-corrected chi connectivity index (χ1v) is 14.6. The lowest BCUT2D eigenvalue weighted by molar-refractivity contribution is 0.0344. The van der Waals surface area contributed by atoms with Gasteiger partial charge in [-0.15, -0.1) is 0 Å². The van der Waals surface area contributed by atoms with E-state index in [0.717, 1.165) is 5.56 Å². The first-order chi connectivity index (χ1) is 19.1. The third-order valence-electron chi connectivity index (χ3n) is 7.00. The molecular weight excluding hydrogens is 532 g/mol. The number of methoxy groups -OCH3 is 1. The molecule has 0 aliphatic carbocycles. The summed E-state index contributed by atoms with van der Waals surface area (Å²) in [7, 11) is -0.522. The number of sulfonamides is 1. The van der Waals surface area contributed by atoms with Gasteiger partial charge in [-0.1, -0.05) is 13.0 Å². The van der Waals surface area contributed by atoms with Gasteiger partial charge in [0.2, 0.25) is 0 Å². The lowest BCUT2D eigenvalue weighted by Crippen LogP contribution is -2.49. The monoisotopic (exact) mass is 568 g/mol. The molecule has 2 aromatic carbocycles. The number of ether oxygens (including phenoxy) is 2. The van der Waals surface area contributed by atoms with Crippen molar-refractivity contribution < 1.29 is 27.8 Å². The van der Waals surface area contributed by atoms with Crippen molar-refractivity contribution in [2.75, 3.05) is 38.6 Å². The standard InChI is InChI=1S/C29H36N4O6S/c1-20-16-33(21(2)19-34)29(35)25-6-5-7-26(31-40(36,37)24-10-8-23(38-4)9-11-24)28(25)39-27(20)18-32(3)17-22-12-14-30-15-13-22/h5-15,20-21,27,31,34H,16-19H2,1-4H3/t20-,21+,27-/m0/s1. The van der Waals surface area contributed by atoms with Crippen LogP contribution in [0.4, 0.5) is 5.69 Å². The minimum atomic E-state index is -4.01. The van der Waals surface area contributed by atoms with Crippen molar-refractivity contribution in [3.63, 3.8) is 0 Å². The lowest BCUT2D eigenvalue weighted by Gasteiger charge is -2.38. The number of nitrogens with zero attached hydrogens (tertiary/aromatic N) is 3. The number of hydrogen-bond donors (Lipinski definition) is 2. The zero-order chi connectivity index (χ0) is 28.9. The molecule has 2 N–H and O–H groups in total. The summed E-state index contributed by atoms with van der Waals surface area (Å²) in [4.78, 5) is 21.6. The highest BCUT2D eigenvalue weighted by Gasteiger charge is 2.35. The van der Waals surface area contributed by atoms with Gasteiger partial charge in [-0.05, 0) is 68.1 Å². The number of aliphatic hydroxyl groups is 1. The molecule has 0 saturated carbocycles. The molecule has 0 radical (unpaired) electrons. The van der Waals surface area contributed by atoms with Crippen molar-refractivity contribution in [1.82, 2.24) is 14.8 Å². The fourth-order valence-electron chi connectivity index (χ4n) is 4.67. The maximum atomic E-state index is 13.7. The fourth-order valence-corrected chi connectivity index (χ4v) is 5.73. The third-order valence-corrected chi connectivity index (χ3v) is 8.38. The molecule has 0 unspecified atom stereocenters. The van der Waals surface area contributed by atoms with Crippen LogP contribution in [-0.2, 0) is 16.6 Å². The van der Waals surface area contributed by atoms with E-state index in [1.54, 1.807) is 54.5 Å². The van der Waals surface area contributed by atoms with Crippen LogP contribution in [0.5, 0.6) is 11.5 Å². The molecule has 1 aromatic heterocycles. The molecule has 4 rings (SSSR count). The van der Waals surface area contributed by atoms with Gasteiger partial charge in [-0.3, -0.25) is 19.4 Å². The molecule has 2 heterocycles. The summed E-state index contributed by atoms with van der Waals surface area (Å²) in [5.41, 5.74) is 1.48. The minimum absolute atomic E-state index is 0.0422. The number of pyridine rings is 1. The zero-order valence-electron chi connectivity index (χ0n) is 23.1. The second-order valence-corrected chi connectivity index (χ2v) is 11.8. The van der Waals surface area contributed by atoms with Crippen LogP contribution in [0.2, 0.25) is 0 Å². The summed E-state index contributed by atoms with van der Waals surface area (Å²) in [6.07, 6.45) is 3.10. The van der Waals surface area contributed by atoms with Gasteiger partial charge in [-0.2, -0.15) is 0 Å². The average Bonchev–Trinajstić information content (AvgIpc) is 2.95. The van der Waals surface area contributed by atoms with E-state index in [-0.39, 0.29) is 40.3 Å². The van der Waals surface area contributed by atoms with E-state index in [1.165, 1.54) is 19.2 Å². The Hall–Kier alpha value is -3.67. The molecule has 0 fully saturated rings. The normalized spacial score (nSPS) is 18.4. The van der Waals surface area contributed by atoms with Gasteiger partial charge in [0.05, 0.1) is 35.9 Å². The van der Waals surface area contributed by atoms with Gasteiger partial charge in [0.15, 0.2) is 5.75 Å². The Morgan fingerprint density at radius 1 is 1.18 bits per heavy atom. The number of benzene rings is 2. The highest BCUT2D eigenvalue weighted by atomic mass is 32.2. The Balaban J connectivity index is 1.70. The number of fused-ring (bicyclic) bond motifs is 1. The average molecular weight is 569 g/mol. The summed E-state index contributed by atoms with van der Waals surface area (Å²) >= 11 is 0. The van der Waals surface area contributed by atoms with Crippen molar-refractivity contribution >= 4 is 21.6 Å². The van der Waals surface area contributed by atoms with Crippen LogP contribution in [0.25, 0.3) is 0 Å². The van der Waals surface area contributed by atoms with E-state index in [4.69, 9.17) is 9.47 Å². The van der Waals surface area contributed by atoms with Crippen LogP contribution < -0.4 is 14.2 Å². The molecule has 214 valence electrons. The molecule has 10 nitrogen and oxygen atoms in total. The highest BCUT2D eigenvalue weighted by molar-refractivity contribution is 7.92. The largest absolute Gasteiger partial charge is 0.497 e. The van der Waals surface area contributed by atoms with Gasteiger partial charge in [-0.25, -0.2) is 8.42 Å². The van der Waals surface area contributed by atoms with Gasteiger partial charge >= 0.3 is 0 Å². The SMILES string of the molecule is COc1ccc(S(=O)(=O)Nc2cccc3c2O[C@@H](CN(C)Cc2ccncc2)[C@@H](C)CN([C@H](C)CO)C3=O)cc1. The number of nitrogens with one attached hydrogen (secondary N) is 1. The first kappa shape index (κ1) is 29.3. The van der Waals surface area contributed by atoms with Crippen molar-refractivity contribution in [2.24, 2.45) is 5.92 Å². The van der Waals surface area contributed by atoms with Crippen molar-refractivity contribution in [3.05, 3.63) is 78.1 Å². The number of para-hydroxylation sites is 1. The van der Waals surface area contributed by atoms with Crippen LogP contribution in [0, 0.1) is 5.92 Å². The van der Waals surface area contributed by atoms with Crippen molar-refractivity contribution in [2.45, 2.75) is 37.4 Å². The molecule has 0 bridgehead atoms. The van der Waals surface area contributed by atoms with E-state index in [9.17, 15) is 18.3 Å². The molecule has 40 heavy (non-hydrogen) atoms. The van der Waals surface area contributed by atoms with Crippen molar-refractivity contribution in [3.8, 4) is 11.5 Å². The fraction of sp³-hybridized carbons (Fsp3) is 0.379. The molecule has 1 aliphatic rings. The number of amides is 1. The van der Waals surface area contributed by atoms with Crippen LogP contribution in [-0.4, -0.2) is 80.2 Å². The first-order valence-electron chi connectivity index (χ1n) is 13.1. The predicted octanol–water partition coefficient (Wildman–Crippen LogP) is 3.24. The van der Waals surface area contributed by atoms with Crippen LogP contribution in [0.3, 0.4) is 0 Å². The van der Waals surface area contributed by atoms with Crippen LogP contribution in [0.1, 0.15) is 29.8 Å². The molecular formula is C29H36N4O6S. The maximum absolute atomic E-state index is 13.7. The second-order valence-electron chi connectivity index (χ2n) is 10.1. The van der Waals surface area contributed by atoms with Gasteiger partial charge in [0.1, 0.15) is 11.9 Å². The van der Waals surface area contributed by atoms with E-state index in [1.807, 2.05) is 26.1 Å². The number of carbonyl (C=O) groups is 1. The number of hydrogen-bond acceptors (Lipinski definition) is 8. The molecule has 0 spiro atoms. The Labute approximate surface area is 235 Å². The molecule has 0 saturated heterocycles. The van der Waals surface area contributed by atoms with Crippen molar-refractivity contribution in [1.29, 1.82) is 0 Å². The molecule has 11 heteroatoms. The highest BCUT2D eigenvalue weighted by Crippen LogP contribution is 2.36. The number of likely N-dealkylation sites (N-methyl/N-ethyl adjacent to an activating group) is 1. The van der Waals surface area contributed by atoms with Gasteiger partial charge < -0.3 is 19.5 Å². The Morgan fingerprint density at radius 3 is 2.52 bits per heavy atom. The van der Waals surface area contributed by atoms with Crippen LogP contribution >= 0.6 is 0 Å². The number of rotatable bonds is 10. The summed E-state index contributed by atoms with van der Waals surface area (Å²) < 4.78 is 40.9. The quantitative estimate of drug-likeness (QED) is 0.382. The third kappa shape index (κ3) is 6.72. The molecule has 1 amide bonds. The predicted molar refractivity (Wildman–Crippen MR) is 152 cm³/mol.